The van der Waals surface area contributed by atoms with Crippen molar-refractivity contribution in [2.24, 2.45) is 0 Å². The van der Waals surface area contributed by atoms with Gasteiger partial charge in [-0.3, -0.25) is 0 Å². The zero-order valence-corrected chi connectivity index (χ0v) is 11.6. The molecule has 0 saturated heterocycles. The van der Waals surface area contributed by atoms with E-state index in [4.69, 9.17) is 9.63 Å². The van der Waals surface area contributed by atoms with Crippen LogP contribution < -0.4 is 0 Å². The first kappa shape index (κ1) is 15.0. The molecule has 4 nitrogen and oxygen atoms in total. The van der Waals surface area contributed by atoms with Crippen LogP contribution in [0, 0.1) is 0 Å². The maximum Gasteiger partial charge on any atom is 0.414 e. The number of aliphatic hydroxyl groups excluding tert-OH is 1. The Hall–Kier alpha value is -1.41. The zero-order chi connectivity index (χ0) is 14.8. The van der Waals surface area contributed by atoms with Crippen LogP contribution in [-0.2, 0) is 12.8 Å². The van der Waals surface area contributed by atoms with Crippen LogP contribution in [0.3, 0.4) is 0 Å². The van der Waals surface area contributed by atoms with E-state index in [0.717, 1.165) is 10.0 Å². The molecule has 1 aromatic carbocycles. The number of halogens is 4. The molecule has 0 saturated carbocycles. The van der Waals surface area contributed by atoms with Crippen molar-refractivity contribution in [3.8, 4) is 0 Å². The van der Waals surface area contributed by atoms with E-state index in [-0.39, 0.29) is 11.7 Å². The molecule has 0 aliphatic heterocycles. The van der Waals surface area contributed by atoms with Crippen LogP contribution in [0.1, 0.15) is 17.3 Å². The van der Waals surface area contributed by atoms with Crippen molar-refractivity contribution in [3.63, 3.8) is 0 Å². The van der Waals surface area contributed by atoms with Gasteiger partial charge in [-0.05, 0) is 17.7 Å². The lowest BCUT2D eigenvalue weighted by Crippen LogP contribution is -2.30. The number of benzene rings is 1. The average molecular weight is 351 g/mol. The van der Waals surface area contributed by atoms with Crippen LogP contribution in [0.5, 0.6) is 0 Å². The molecule has 0 amide bonds. The second kappa shape index (κ2) is 5.92. The van der Waals surface area contributed by atoms with Crippen molar-refractivity contribution in [2.45, 2.75) is 25.1 Å². The van der Waals surface area contributed by atoms with Crippen LogP contribution in [-0.4, -0.2) is 27.5 Å². The summed E-state index contributed by atoms with van der Waals surface area (Å²) in [5, 5.41) is 12.5. The predicted octanol–water partition coefficient (Wildman–Crippen LogP) is 2.89. The summed E-state index contributed by atoms with van der Waals surface area (Å²) >= 11 is 3.30. The molecule has 2 rings (SSSR count). The van der Waals surface area contributed by atoms with Gasteiger partial charge in [0.05, 0.1) is 6.42 Å². The van der Waals surface area contributed by atoms with E-state index >= 15 is 0 Å². The summed E-state index contributed by atoms with van der Waals surface area (Å²) in [5.41, 5.74) is 0.900. The molecule has 1 atom stereocenters. The highest BCUT2D eigenvalue weighted by atomic mass is 79.9. The van der Waals surface area contributed by atoms with Crippen LogP contribution in [0.15, 0.2) is 33.3 Å². The van der Waals surface area contributed by atoms with Gasteiger partial charge >= 0.3 is 6.18 Å². The van der Waals surface area contributed by atoms with Crippen molar-refractivity contribution in [2.75, 3.05) is 0 Å². The number of hydrogen-bond acceptors (Lipinski definition) is 4. The predicted molar refractivity (Wildman–Crippen MR) is 67.0 cm³/mol. The van der Waals surface area contributed by atoms with Crippen molar-refractivity contribution in [3.05, 3.63) is 46.0 Å². The Morgan fingerprint density at radius 2 is 1.90 bits per heavy atom. The molecule has 0 radical (unpaired) electrons. The molecule has 1 heterocycles. The van der Waals surface area contributed by atoms with Crippen molar-refractivity contribution in [1.82, 2.24) is 10.1 Å². The van der Waals surface area contributed by atoms with E-state index in [1.165, 1.54) is 0 Å². The molecule has 0 bridgehead atoms. The molecule has 0 aliphatic carbocycles. The highest BCUT2D eigenvalue weighted by Gasteiger charge is 2.39. The first-order valence-corrected chi connectivity index (χ1v) is 6.44. The van der Waals surface area contributed by atoms with Crippen molar-refractivity contribution >= 4 is 15.9 Å². The Balaban J connectivity index is 2.00. The van der Waals surface area contributed by atoms with Gasteiger partial charge in [0.25, 0.3) is 0 Å². The molecule has 1 aromatic heterocycles. The largest absolute Gasteiger partial charge is 0.414 e. The molecule has 0 aliphatic rings. The second-order valence-corrected chi connectivity index (χ2v) is 5.08. The number of aliphatic hydroxyl groups is 1. The fourth-order valence-electron chi connectivity index (χ4n) is 1.51. The lowest BCUT2D eigenvalue weighted by Gasteiger charge is -2.11. The monoisotopic (exact) mass is 350 g/mol. The maximum absolute atomic E-state index is 12.2. The number of nitrogens with zero attached hydrogens (tertiary/aromatic N) is 2. The standard InChI is InChI=1S/C12H10BrF3N2O2/c13-8-3-1-7(2-4-8)5-10-17-11(20-18-10)6-9(19)12(14,15)16/h1-4,9,19H,5-6H2. The lowest BCUT2D eigenvalue weighted by molar-refractivity contribution is -0.204. The second-order valence-electron chi connectivity index (χ2n) is 4.17. The molecule has 20 heavy (non-hydrogen) atoms. The fraction of sp³-hybridized carbons (Fsp3) is 0.333. The van der Waals surface area contributed by atoms with Gasteiger partial charge in [-0.15, -0.1) is 0 Å². The average Bonchev–Trinajstić information content (AvgIpc) is 2.78. The lowest BCUT2D eigenvalue weighted by atomic mass is 10.1. The number of hydrogen-bond donors (Lipinski definition) is 1. The summed E-state index contributed by atoms with van der Waals surface area (Å²) in [6, 6.07) is 7.35. The molecule has 0 fully saturated rings. The van der Waals surface area contributed by atoms with Crippen LogP contribution >= 0.6 is 15.9 Å². The summed E-state index contributed by atoms with van der Waals surface area (Å²) in [7, 11) is 0. The number of alkyl halides is 3. The summed E-state index contributed by atoms with van der Waals surface area (Å²) in [6.07, 6.45) is -7.58. The SMILES string of the molecule is OC(Cc1nc(Cc2ccc(Br)cc2)no1)C(F)(F)F. The molecule has 108 valence electrons. The molecule has 1 unspecified atom stereocenters. The minimum atomic E-state index is -4.69. The van der Waals surface area contributed by atoms with Gasteiger partial charge in [0, 0.05) is 10.9 Å². The first-order chi connectivity index (χ1) is 9.34. The van der Waals surface area contributed by atoms with Crippen LogP contribution in [0.4, 0.5) is 13.2 Å². The molecule has 8 heteroatoms. The summed E-state index contributed by atoms with van der Waals surface area (Å²) in [4.78, 5) is 3.83. The highest BCUT2D eigenvalue weighted by Crippen LogP contribution is 2.22. The van der Waals surface area contributed by atoms with Gasteiger partial charge in [-0.2, -0.15) is 18.2 Å². The summed E-state index contributed by atoms with van der Waals surface area (Å²) < 4.78 is 42.2. The quantitative estimate of drug-likeness (QED) is 0.920. The fourth-order valence-corrected chi connectivity index (χ4v) is 1.78. The summed E-state index contributed by atoms with van der Waals surface area (Å²) in [5.74, 6) is 0.0404. The van der Waals surface area contributed by atoms with Gasteiger partial charge in [0.1, 0.15) is 0 Å². The third-order valence-corrected chi connectivity index (χ3v) is 3.06. The van der Waals surface area contributed by atoms with Crippen molar-refractivity contribution < 1.29 is 22.8 Å². The van der Waals surface area contributed by atoms with Crippen LogP contribution in [0.25, 0.3) is 0 Å². The third-order valence-electron chi connectivity index (χ3n) is 2.53. The number of rotatable bonds is 4. The Bertz CT molecular complexity index is 569. The summed E-state index contributed by atoms with van der Waals surface area (Å²) in [6.45, 7) is 0. The van der Waals surface area contributed by atoms with Gasteiger partial charge in [-0.1, -0.05) is 33.2 Å². The van der Waals surface area contributed by atoms with E-state index in [1.54, 1.807) is 0 Å². The van der Waals surface area contributed by atoms with E-state index < -0.39 is 18.7 Å². The van der Waals surface area contributed by atoms with Gasteiger partial charge in [-0.25, -0.2) is 0 Å². The van der Waals surface area contributed by atoms with E-state index in [0.29, 0.717) is 6.42 Å². The third kappa shape index (κ3) is 4.04. The molecular formula is C12H10BrF3N2O2. The van der Waals surface area contributed by atoms with E-state index in [9.17, 15) is 13.2 Å². The smallest absolute Gasteiger partial charge is 0.383 e. The normalized spacial score (nSPS) is 13.4. The number of aromatic nitrogens is 2. The Labute approximate surface area is 120 Å². The molecular weight excluding hydrogens is 341 g/mol. The minimum Gasteiger partial charge on any atom is -0.383 e. The Morgan fingerprint density at radius 1 is 1.25 bits per heavy atom. The Morgan fingerprint density at radius 3 is 2.50 bits per heavy atom. The van der Waals surface area contributed by atoms with Gasteiger partial charge < -0.3 is 9.63 Å². The first-order valence-electron chi connectivity index (χ1n) is 5.65. The van der Waals surface area contributed by atoms with Gasteiger partial charge in [0.15, 0.2) is 11.9 Å². The Kier molecular flexibility index (Phi) is 4.44. The van der Waals surface area contributed by atoms with E-state index in [1.807, 2.05) is 24.3 Å². The van der Waals surface area contributed by atoms with E-state index in [2.05, 4.69) is 26.1 Å². The van der Waals surface area contributed by atoms with Gasteiger partial charge in [0.2, 0.25) is 5.89 Å². The minimum absolute atomic E-state index is 0.234. The highest BCUT2D eigenvalue weighted by molar-refractivity contribution is 9.10. The maximum atomic E-state index is 12.2. The molecule has 2 aromatic rings. The molecule has 1 N–H and O–H groups in total. The zero-order valence-electron chi connectivity index (χ0n) is 10.1. The topological polar surface area (TPSA) is 59.2 Å². The molecule has 0 spiro atoms. The van der Waals surface area contributed by atoms with Crippen molar-refractivity contribution in [1.29, 1.82) is 0 Å². The van der Waals surface area contributed by atoms with Crippen LogP contribution in [0.2, 0.25) is 0 Å².